The van der Waals surface area contributed by atoms with Gasteiger partial charge < -0.3 is 10.1 Å². The van der Waals surface area contributed by atoms with E-state index in [1.165, 1.54) is 12.8 Å². The molecule has 0 aromatic carbocycles. The van der Waals surface area contributed by atoms with E-state index < -0.39 is 0 Å². The number of rotatable bonds is 2. The minimum Gasteiger partial charge on any atom is -0.490 e. The van der Waals surface area contributed by atoms with Crippen molar-refractivity contribution in [3.8, 4) is 0 Å². The molecule has 3 heteroatoms. The molecule has 0 aromatic heterocycles. The number of hydrogen-bond acceptors (Lipinski definition) is 3. The van der Waals surface area contributed by atoms with E-state index in [-0.39, 0.29) is 11.8 Å². The van der Waals surface area contributed by atoms with Crippen LogP contribution in [0.1, 0.15) is 32.1 Å². The van der Waals surface area contributed by atoms with Gasteiger partial charge in [-0.3, -0.25) is 4.79 Å². The lowest BCUT2D eigenvalue weighted by Gasteiger charge is -2.14. The van der Waals surface area contributed by atoms with E-state index in [0.717, 1.165) is 25.8 Å². The minimum absolute atomic E-state index is 0.00171. The Morgan fingerprint density at radius 3 is 3.14 bits per heavy atom. The molecule has 1 fully saturated rings. The average Bonchev–Trinajstić information content (AvgIpc) is 2.59. The van der Waals surface area contributed by atoms with Gasteiger partial charge in [-0.05, 0) is 25.5 Å². The lowest BCUT2D eigenvalue weighted by molar-refractivity contribution is -0.120. The van der Waals surface area contributed by atoms with E-state index >= 15 is 0 Å². The van der Waals surface area contributed by atoms with Crippen LogP contribution in [0.3, 0.4) is 0 Å². The molecular formula is C11H17NO2. The summed E-state index contributed by atoms with van der Waals surface area (Å²) < 4.78 is 5.28. The molecule has 78 valence electrons. The van der Waals surface area contributed by atoms with Gasteiger partial charge in [0.15, 0.2) is 5.76 Å². The SMILES string of the molecule is O=C(C1=CCCO1)C1CCCCCN1. The topological polar surface area (TPSA) is 38.3 Å². The molecule has 0 bridgehead atoms. The highest BCUT2D eigenvalue weighted by atomic mass is 16.5. The molecule has 2 rings (SSSR count). The zero-order valence-corrected chi connectivity index (χ0v) is 8.42. The number of carbonyl (C=O) groups is 1. The third-order valence-corrected chi connectivity index (χ3v) is 2.82. The zero-order chi connectivity index (χ0) is 9.80. The molecule has 1 unspecified atom stereocenters. The molecule has 0 aromatic rings. The van der Waals surface area contributed by atoms with E-state index in [0.29, 0.717) is 12.4 Å². The monoisotopic (exact) mass is 195 g/mol. The van der Waals surface area contributed by atoms with Gasteiger partial charge >= 0.3 is 0 Å². The molecule has 2 aliphatic heterocycles. The fourth-order valence-electron chi connectivity index (χ4n) is 2.01. The Kier molecular flexibility index (Phi) is 3.19. The molecule has 1 N–H and O–H groups in total. The molecule has 0 radical (unpaired) electrons. The first-order chi connectivity index (χ1) is 6.88. The second-order valence-electron chi connectivity index (χ2n) is 3.93. The van der Waals surface area contributed by atoms with Crippen molar-refractivity contribution < 1.29 is 9.53 Å². The molecule has 2 heterocycles. The van der Waals surface area contributed by atoms with Gasteiger partial charge in [-0.2, -0.15) is 0 Å². The highest BCUT2D eigenvalue weighted by Crippen LogP contribution is 2.16. The van der Waals surface area contributed by atoms with Gasteiger partial charge in [-0.1, -0.05) is 12.8 Å². The second-order valence-corrected chi connectivity index (χ2v) is 3.93. The number of hydrogen-bond donors (Lipinski definition) is 1. The van der Waals surface area contributed by atoms with Crippen molar-refractivity contribution in [1.29, 1.82) is 0 Å². The molecule has 1 atom stereocenters. The van der Waals surface area contributed by atoms with Crippen molar-refractivity contribution >= 4 is 5.78 Å². The van der Waals surface area contributed by atoms with Crippen molar-refractivity contribution in [2.75, 3.05) is 13.2 Å². The minimum atomic E-state index is 0.00171. The number of ketones is 1. The number of ether oxygens (including phenoxy) is 1. The third kappa shape index (κ3) is 2.15. The Morgan fingerprint density at radius 1 is 1.43 bits per heavy atom. The number of carbonyl (C=O) groups excluding carboxylic acids is 1. The first-order valence-corrected chi connectivity index (χ1v) is 5.48. The van der Waals surface area contributed by atoms with Crippen LogP contribution >= 0.6 is 0 Å². The molecule has 0 spiro atoms. The van der Waals surface area contributed by atoms with Gasteiger partial charge in [-0.25, -0.2) is 0 Å². The summed E-state index contributed by atoms with van der Waals surface area (Å²) in [5.41, 5.74) is 0. The summed E-state index contributed by atoms with van der Waals surface area (Å²) in [5, 5.41) is 3.29. The van der Waals surface area contributed by atoms with Crippen LogP contribution in [0.25, 0.3) is 0 Å². The quantitative estimate of drug-likeness (QED) is 0.723. The fraction of sp³-hybridized carbons (Fsp3) is 0.727. The Bertz CT molecular complexity index is 240. The van der Waals surface area contributed by atoms with E-state index in [4.69, 9.17) is 4.74 Å². The molecule has 0 saturated carbocycles. The predicted molar refractivity (Wildman–Crippen MR) is 53.9 cm³/mol. The smallest absolute Gasteiger partial charge is 0.213 e. The molecule has 2 aliphatic rings. The van der Waals surface area contributed by atoms with Crippen molar-refractivity contribution in [3.05, 3.63) is 11.8 Å². The zero-order valence-electron chi connectivity index (χ0n) is 8.42. The molecule has 0 aliphatic carbocycles. The van der Waals surface area contributed by atoms with Crippen LogP contribution in [0, 0.1) is 0 Å². The lowest BCUT2D eigenvalue weighted by Crippen LogP contribution is -2.36. The summed E-state index contributed by atoms with van der Waals surface area (Å²) in [6.07, 6.45) is 7.32. The normalized spacial score (nSPS) is 27.7. The first-order valence-electron chi connectivity index (χ1n) is 5.48. The highest BCUT2D eigenvalue weighted by molar-refractivity contribution is 5.97. The Balaban J connectivity index is 1.95. The summed E-state index contributed by atoms with van der Waals surface area (Å²) in [4.78, 5) is 11.9. The van der Waals surface area contributed by atoms with Crippen molar-refractivity contribution in [2.24, 2.45) is 0 Å². The maximum atomic E-state index is 11.9. The van der Waals surface area contributed by atoms with Crippen LogP contribution in [-0.4, -0.2) is 25.0 Å². The highest BCUT2D eigenvalue weighted by Gasteiger charge is 2.25. The van der Waals surface area contributed by atoms with Crippen molar-refractivity contribution in [2.45, 2.75) is 38.1 Å². The average molecular weight is 195 g/mol. The van der Waals surface area contributed by atoms with Crippen molar-refractivity contribution in [1.82, 2.24) is 5.32 Å². The van der Waals surface area contributed by atoms with Gasteiger partial charge in [0.2, 0.25) is 5.78 Å². The van der Waals surface area contributed by atoms with Crippen LogP contribution in [0.2, 0.25) is 0 Å². The molecule has 1 saturated heterocycles. The van der Waals surface area contributed by atoms with Crippen LogP contribution in [0.15, 0.2) is 11.8 Å². The van der Waals surface area contributed by atoms with Crippen molar-refractivity contribution in [3.63, 3.8) is 0 Å². The predicted octanol–water partition coefficient (Wildman–Crippen LogP) is 1.39. The molecule has 0 amide bonds. The molecular weight excluding hydrogens is 178 g/mol. The Hall–Kier alpha value is -0.830. The van der Waals surface area contributed by atoms with Gasteiger partial charge in [-0.15, -0.1) is 0 Å². The van der Waals surface area contributed by atoms with Crippen LogP contribution in [0.4, 0.5) is 0 Å². The second kappa shape index (κ2) is 4.60. The van der Waals surface area contributed by atoms with Crippen LogP contribution < -0.4 is 5.32 Å². The van der Waals surface area contributed by atoms with Crippen LogP contribution in [0.5, 0.6) is 0 Å². The third-order valence-electron chi connectivity index (χ3n) is 2.82. The summed E-state index contributed by atoms with van der Waals surface area (Å²) in [5.74, 6) is 0.744. The van der Waals surface area contributed by atoms with E-state index in [9.17, 15) is 4.79 Å². The number of Topliss-reactive ketones (excluding diaryl/α,β-unsaturated/α-hetero) is 1. The first kappa shape index (κ1) is 9.71. The summed E-state index contributed by atoms with van der Waals surface area (Å²) in [6.45, 7) is 1.64. The largest absolute Gasteiger partial charge is 0.490 e. The summed E-state index contributed by atoms with van der Waals surface area (Å²) >= 11 is 0. The van der Waals surface area contributed by atoms with Gasteiger partial charge in [0.05, 0.1) is 12.6 Å². The van der Waals surface area contributed by atoms with E-state index in [1.54, 1.807) is 0 Å². The van der Waals surface area contributed by atoms with Gasteiger partial charge in [0, 0.05) is 6.42 Å². The number of nitrogens with one attached hydrogen (secondary N) is 1. The molecule has 3 nitrogen and oxygen atoms in total. The maximum absolute atomic E-state index is 11.9. The maximum Gasteiger partial charge on any atom is 0.213 e. The van der Waals surface area contributed by atoms with E-state index in [2.05, 4.69) is 5.32 Å². The van der Waals surface area contributed by atoms with Gasteiger partial charge in [0.25, 0.3) is 0 Å². The summed E-state index contributed by atoms with van der Waals surface area (Å²) in [7, 11) is 0. The standard InChI is InChI=1S/C11H17NO2/c13-11(10-6-4-8-14-10)9-5-2-1-3-7-12-9/h6,9,12H,1-5,7-8H2. The van der Waals surface area contributed by atoms with E-state index in [1.807, 2.05) is 6.08 Å². The summed E-state index contributed by atoms with van der Waals surface area (Å²) in [6, 6.07) is 0.00171. The Labute approximate surface area is 84.5 Å². The molecule has 14 heavy (non-hydrogen) atoms. The van der Waals surface area contributed by atoms with Gasteiger partial charge in [0.1, 0.15) is 0 Å². The van der Waals surface area contributed by atoms with Crippen LogP contribution in [-0.2, 0) is 9.53 Å². The Morgan fingerprint density at radius 2 is 2.36 bits per heavy atom. The lowest BCUT2D eigenvalue weighted by atomic mass is 10.1. The fourth-order valence-corrected chi connectivity index (χ4v) is 2.01.